The normalized spacial score (nSPS) is 11.1. The van der Waals surface area contributed by atoms with E-state index in [1.807, 2.05) is 36.4 Å². The van der Waals surface area contributed by atoms with Gasteiger partial charge in [0.15, 0.2) is 0 Å². The monoisotopic (exact) mass is 903 g/mol. The summed E-state index contributed by atoms with van der Waals surface area (Å²) in [5, 5.41) is 11.6. The second-order valence-corrected chi connectivity index (χ2v) is 16.5. The van der Waals surface area contributed by atoms with E-state index in [2.05, 4.69) is 25.5 Å². The van der Waals surface area contributed by atoms with Crippen LogP contribution in [0.2, 0.25) is 0 Å². The van der Waals surface area contributed by atoms with Crippen molar-refractivity contribution in [1.82, 2.24) is 0 Å². The number of cyclic esters (lactones) is 2. The number of carbonyl (C=O) groups is 4. The molecule has 0 bridgehead atoms. The lowest BCUT2D eigenvalue weighted by atomic mass is 9.97. The molecule has 9 nitrogen and oxygen atoms in total. The summed E-state index contributed by atoms with van der Waals surface area (Å²) in [6.07, 6.45) is 29.5. The predicted molar refractivity (Wildman–Crippen MR) is 270 cm³/mol. The number of carbonyl (C=O) groups excluding carboxylic acids is 4. The fourth-order valence-corrected chi connectivity index (χ4v) is 7.76. The summed E-state index contributed by atoms with van der Waals surface area (Å²) >= 11 is 0. The topological polar surface area (TPSA) is 148 Å². The number of ether oxygens (including phenoxy) is 3. The van der Waals surface area contributed by atoms with Crippen molar-refractivity contribution in [3.8, 4) is 0 Å². The lowest BCUT2D eigenvalue weighted by molar-refractivity contribution is 0.0388. The quantitative estimate of drug-likeness (QED) is 0.0256. The van der Waals surface area contributed by atoms with Crippen LogP contribution in [0.4, 0.5) is 0 Å². The molecule has 4 aromatic rings. The molecule has 0 amide bonds. The Morgan fingerprint density at radius 2 is 0.754 bits per heavy atom. The molecule has 1 aliphatic rings. The maximum Gasteiger partial charge on any atom is 0.346 e. The number of unbranched alkanes of at least 4 members (excludes halogenated alkanes) is 21. The molecule has 0 fully saturated rings. The van der Waals surface area contributed by atoms with Gasteiger partial charge in [0.1, 0.15) is 0 Å². The van der Waals surface area contributed by atoms with Crippen molar-refractivity contribution in [2.75, 3.05) is 19.8 Å². The zero-order valence-electron chi connectivity index (χ0n) is 38.8. The number of hydrogen-bond donors (Lipinski definition) is 1. The first-order valence-electron chi connectivity index (χ1n) is 24.1. The molecule has 0 saturated heterocycles. The van der Waals surface area contributed by atoms with Crippen LogP contribution in [0.5, 0.6) is 0 Å². The molecule has 0 saturated carbocycles. The molecule has 1 heterocycles. The molecule has 0 aliphatic carbocycles. The van der Waals surface area contributed by atoms with Crippen LogP contribution < -0.4 is 0 Å². The summed E-state index contributed by atoms with van der Waals surface area (Å²) in [5.74, 6) is -1.87. The molecule has 5 rings (SSSR count). The van der Waals surface area contributed by atoms with Gasteiger partial charge in [-0.15, -0.1) is 0 Å². The zero-order chi connectivity index (χ0) is 44.6. The number of aliphatic hydroxyl groups is 1. The maximum atomic E-state index is 12.9. The SMILES string of the molecule is C.C.CCCCCCCCCCO.CCCCCCCCCCOC(=O)c1cccc2cccc(C(=O)OCCCCCCCCCC)c12.O.O=C1OC(=O)c2cccc3cccc1c23. The lowest BCUT2D eigenvalue weighted by Crippen LogP contribution is -2.19. The molecule has 65 heavy (non-hydrogen) atoms. The van der Waals surface area contributed by atoms with E-state index in [0.29, 0.717) is 52.8 Å². The van der Waals surface area contributed by atoms with E-state index in [-0.39, 0.29) is 32.3 Å². The van der Waals surface area contributed by atoms with E-state index >= 15 is 0 Å². The van der Waals surface area contributed by atoms with Gasteiger partial charge in [0.2, 0.25) is 0 Å². The Morgan fingerprint density at radius 3 is 1.11 bits per heavy atom. The number of rotatable bonds is 28. The van der Waals surface area contributed by atoms with E-state index in [4.69, 9.17) is 14.6 Å². The third kappa shape index (κ3) is 22.4. The van der Waals surface area contributed by atoms with E-state index in [1.54, 1.807) is 36.4 Å². The van der Waals surface area contributed by atoms with Gasteiger partial charge in [-0.3, -0.25) is 0 Å². The van der Waals surface area contributed by atoms with Gasteiger partial charge in [-0.05, 0) is 54.3 Å². The van der Waals surface area contributed by atoms with Crippen molar-refractivity contribution in [3.05, 3.63) is 95.1 Å². The fourth-order valence-electron chi connectivity index (χ4n) is 7.76. The van der Waals surface area contributed by atoms with E-state index in [1.165, 1.54) is 122 Å². The summed E-state index contributed by atoms with van der Waals surface area (Å²) < 4.78 is 15.8. The van der Waals surface area contributed by atoms with Crippen molar-refractivity contribution >= 4 is 45.4 Å². The average molecular weight is 903 g/mol. The average Bonchev–Trinajstić information content (AvgIpc) is 3.29. The van der Waals surface area contributed by atoms with Crippen LogP contribution in [0, 0.1) is 0 Å². The van der Waals surface area contributed by atoms with E-state index in [9.17, 15) is 19.2 Å². The molecule has 0 spiro atoms. The number of esters is 4. The lowest BCUT2D eigenvalue weighted by Gasteiger charge is -2.14. The largest absolute Gasteiger partial charge is 0.462 e. The van der Waals surface area contributed by atoms with Crippen molar-refractivity contribution in [2.24, 2.45) is 0 Å². The maximum absolute atomic E-state index is 12.9. The minimum atomic E-state index is -0.565. The van der Waals surface area contributed by atoms with Gasteiger partial charge in [0, 0.05) is 17.4 Å². The van der Waals surface area contributed by atoms with Crippen LogP contribution in [-0.2, 0) is 14.2 Å². The molecule has 4 aromatic carbocycles. The summed E-state index contributed by atoms with van der Waals surface area (Å²) in [6, 6.07) is 21.6. The predicted octanol–water partition coefficient (Wildman–Crippen LogP) is 15.2. The van der Waals surface area contributed by atoms with Crippen LogP contribution in [0.25, 0.3) is 21.5 Å². The highest BCUT2D eigenvalue weighted by Crippen LogP contribution is 2.28. The molecule has 0 radical (unpaired) electrons. The summed E-state index contributed by atoms with van der Waals surface area (Å²) in [4.78, 5) is 48.7. The number of hydrogen-bond acceptors (Lipinski definition) is 8. The van der Waals surface area contributed by atoms with Crippen LogP contribution >= 0.6 is 0 Å². The molecular weight excluding hydrogens is 817 g/mol. The Hall–Kier alpha value is -4.60. The highest BCUT2D eigenvalue weighted by molar-refractivity contribution is 6.20. The Bertz CT molecular complexity index is 1780. The second kappa shape index (κ2) is 37.6. The van der Waals surface area contributed by atoms with Crippen molar-refractivity contribution in [2.45, 2.75) is 190 Å². The summed E-state index contributed by atoms with van der Waals surface area (Å²) in [6.45, 7) is 7.90. The molecule has 0 aromatic heterocycles. The minimum Gasteiger partial charge on any atom is -0.462 e. The molecule has 9 heteroatoms. The summed E-state index contributed by atoms with van der Waals surface area (Å²) in [7, 11) is 0. The van der Waals surface area contributed by atoms with Gasteiger partial charge >= 0.3 is 23.9 Å². The first-order chi connectivity index (χ1) is 30.4. The smallest absolute Gasteiger partial charge is 0.346 e. The van der Waals surface area contributed by atoms with Gasteiger partial charge < -0.3 is 24.8 Å². The third-order valence-electron chi connectivity index (χ3n) is 11.3. The van der Waals surface area contributed by atoms with Gasteiger partial charge in [0.05, 0.1) is 35.5 Å². The van der Waals surface area contributed by atoms with Crippen LogP contribution in [0.3, 0.4) is 0 Å². The minimum absolute atomic E-state index is 0. The summed E-state index contributed by atoms with van der Waals surface area (Å²) in [5.41, 5.74) is 1.80. The third-order valence-corrected chi connectivity index (χ3v) is 11.3. The Kier molecular flexibility index (Phi) is 34.9. The Labute approximate surface area is 392 Å². The van der Waals surface area contributed by atoms with Gasteiger partial charge in [-0.2, -0.15) is 0 Å². The van der Waals surface area contributed by atoms with Gasteiger partial charge in [-0.25, -0.2) is 19.2 Å². The van der Waals surface area contributed by atoms with Crippen LogP contribution in [0.15, 0.2) is 72.8 Å². The van der Waals surface area contributed by atoms with E-state index < -0.39 is 11.9 Å². The number of benzene rings is 4. The first kappa shape index (κ1) is 60.4. The second-order valence-electron chi connectivity index (χ2n) is 16.5. The molecule has 0 unspecified atom stereocenters. The molecule has 364 valence electrons. The van der Waals surface area contributed by atoms with Gasteiger partial charge in [0.25, 0.3) is 0 Å². The van der Waals surface area contributed by atoms with Gasteiger partial charge in [-0.1, -0.05) is 219 Å². The Balaban J connectivity index is 0.00000115. The standard InChI is InChI=1S/C32H48O4.C12H6O3.C10H22O.2CH4.H2O/c1-3-5-7-9-11-13-15-17-25-35-31(33)28-23-19-21-27-22-20-24-29(30(27)28)32(34)36-26-18-16-14-12-10-8-6-4-2;13-11-8-5-1-3-7-4-2-6-9(10(7)8)12(14)15-11;1-2-3-4-5-6-7-8-9-10-11;;;/h19-24H,3-18,25-26H2,1-2H3;1-6H;11H,2-10H2,1H3;2*1H4;1H2. The van der Waals surface area contributed by atoms with Crippen LogP contribution in [-0.4, -0.2) is 54.3 Å². The molecular formula is C56H86O9. The highest BCUT2D eigenvalue weighted by Gasteiger charge is 2.26. The molecule has 3 N–H and O–H groups in total. The van der Waals surface area contributed by atoms with Crippen molar-refractivity contribution in [1.29, 1.82) is 0 Å². The number of aliphatic hydroxyl groups excluding tert-OH is 1. The van der Waals surface area contributed by atoms with E-state index in [0.717, 1.165) is 42.9 Å². The van der Waals surface area contributed by atoms with Crippen molar-refractivity contribution < 1.29 is 44.0 Å². The number of fused-ring (bicyclic) bond motifs is 1. The Morgan fingerprint density at radius 1 is 0.446 bits per heavy atom. The fraction of sp³-hybridized carbons (Fsp3) is 0.571. The molecule has 0 atom stereocenters. The highest BCUT2D eigenvalue weighted by atomic mass is 16.6. The van der Waals surface area contributed by atoms with Crippen LogP contribution in [0.1, 0.15) is 231 Å². The first-order valence-corrected chi connectivity index (χ1v) is 24.1. The van der Waals surface area contributed by atoms with Crippen molar-refractivity contribution in [3.63, 3.8) is 0 Å². The zero-order valence-corrected chi connectivity index (χ0v) is 38.8. The molecule has 1 aliphatic heterocycles.